The second-order valence-corrected chi connectivity index (χ2v) is 7.22. The summed E-state index contributed by atoms with van der Waals surface area (Å²) in [5.41, 5.74) is 2.93. The summed E-state index contributed by atoms with van der Waals surface area (Å²) in [6, 6.07) is 15.4. The number of methoxy groups -OCH3 is 1. The van der Waals surface area contributed by atoms with Crippen LogP contribution in [0.3, 0.4) is 0 Å². The van der Waals surface area contributed by atoms with Crippen LogP contribution in [0.1, 0.15) is 31.0 Å². The number of nitrogens with zero attached hydrogens (tertiary/aromatic N) is 3. The molecule has 1 aliphatic heterocycles. The number of fused-ring (bicyclic) bond motifs is 1. The Morgan fingerprint density at radius 3 is 2.69 bits per heavy atom. The fraction of sp³-hybridized carbons (Fsp3) is 0.318. The zero-order valence-electron chi connectivity index (χ0n) is 16.8. The van der Waals surface area contributed by atoms with Gasteiger partial charge in [-0.05, 0) is 36.6 Å². The largest absolute Gasteiger partial charge is 0.495 e. The van der Waals surface area contributed by atoms with E-state index >= 15 is 0 Å². The number of carbonyl (C=O) groups is 1. The van der Waals surface area contributed by atoms with Gasteiger partial charge in [0.25, 0.3) is 0 Å². The molecule has 0 fully saturated rings. The van der Waals surface area contributed by atoms with Crippen molar-refractivity contribution in [3.05, 3.63) is 66.0 Å². The normalized spacial score (nSPS) is 20.4. The minimum absolute atomic E-state index is 0.0970. The molecule has 0 saturated carbocycles. The molecule has 7 nitrogen and oxygen atoms in total. The molecular weight excluding hydrogens is 366 g/mol. The third-order valence-corrected chi connectivity index (χ3v) is 5.47. The second-order valence-electron chi connectivity index (χ2n) is 7.22. The fourth-order valence-corrected chi connectivity index (χ4v) is 3.91. The zero-order chi connectivity index (χ0) is 20.4. The van der Waals surface area contributed by atoms with E-state index in [9.17, 15) is 4.79 Å². The summed E-state index contributed by atoms with van der Waals surface area (Å²) in [6.45, 7) is 4.12. The number of para-hydroxylation sites is 2. The van der Waals surface area contributed by atoms with Gasteiger partial charge in [-0.1, -0.05) is 43.3 Å². The Morgan fingerprint density at radius 1 is 1.21 bits per heavy atom. The van der Waals surface area contributed by atoms with E-state index in [-0.39, 0.29) is 23.9 Å². The Labute approximate surface area is 170 Å². The van der Waals surface area contributed by atoms with Crippen molar-refractivity contribution in [1.82, 2.24) is 14.8 Å². The van der Waals surface area contributed by atoms with E-state index in [2.05, 4.69) is 51.9 Å². The Morgan fingerprint density at radius 2 is 1.97 bits per heavy atom. The topological polar surface area (TPSA) is 81.1 Å². The molecule has 1 amide bonds. The third-order valence-electron chi connectivity index (χ3n) is 5.47. The predicted molar refractivity (Wildman–Crippen MR) is 112 cm³/mol. The second kappa shape index (κ2) is 7.95. The van der Waals surface area contributed by atoms with Gasteiger partial charge in [-0.2, -0.15) is 10.1 Å². The fourth-order valence-electron chi connectivity index (χ4n) is 3.91. The van der Waals surface area contributed by atoms with Crippen LogP contribution in [0.5, 0.6) is 5.75 Å². The Kier molecular flexibility index (Phi) is 5.20. The molecule has 29 heavy (non-hydrogen) atoms. The lowest BCUT2D eigenvalue weighted by molar-refractivity contribution is -0.121. The molecule has 2 heterocycles. The van der Waals surface area contributed by atoms with E-state index in [1.54, 1.807) is 11.8 Å². The molecule has 3 aromatic rings. The van der Waals surface area contributed by atoms with Crippen molar-refractivity contribution >= 4 is 17.5 Å². The average molecular weight is 391 g/mol. The van der Waals surface area contributed by atoms with Crippen LogP contribution in [0.25, 0.3) is 0 Å². The quantitative estimate of drug-likeness (QED) is 0.696. The average Bonchev–Trinajstić information content (AvgIpc) is 3.21. The van der Waals surface area contributed by atoms with Gasteiger partial charge >= 0.3 is 0 Å². The predicted octanol–water partition coefficient (Wildman–Crippen LogP) is 3.51. The van der Waals surface area contributed by atoms with Crippen LogP contribution < -0.4 is 15.4 Å². The van der Waals surface area contributed by atoms with Gasteiger partial charge in [-0.25, -0.2) is 4.68 Å². The lowest BCUT2D eigenvalue weighted by atomic mass is 9.85. The van der Waals surface area contributed by atoms with E-state index in [1.165, 1.54) is 11.9 Å². The van der Waals surface area contributed by atoms with Crippen molar-refractivity contribution in [2.75, 3.05) is 17.7 Å². The number of benzene rings is 2. The zero-order valence-corrected chi connectivity index (χ0v) is 16.8. The lowest BCUT2D eigenvalue weighted by Crippen LogP contribution is -2.46. The van der Waals surface area contributed by atoms with Gasteiger partial charge in [0, 0.05) is 6.04 Å². The molecule has 2 N–H and O–H groups in total. The molecule has 150 valence electrons. The number of nitrogens with one attached hydrogen (secondary N) is 2. The van der Waals surface area contributed by atoms with Crippen molar-refractivity contribution in [3.63, 3.8) is 0 Å². The molecule has 2 aromatic carbocycles. The SMILES string of the molecule is CCc1ccc(C2C(C(=O)Nc3ccccc3OC)C(C)Nc3ncnn32)cc1. The molecule has 0 spiro atoms. The summed E-state index contributed by atoms with van der Waals surface area (Å²) < 4.78 is 7.18. The van der Waals surface area contributed by atoms with Crippen LogP contribution in [0.15, 0.2) is 54.9 Å². The summed E-state index contributed by atoms with van der Waals surface area (Å²) in [4.78, 5) is 17.7. The van der Waals surface area contributed by atoms with Gasteiger partial charge in [-0.3, -0.25) is 4.79 Å². The van der Waals surface area contributed by atoms with Gasteiger partial charge in [0.15, 0.2) is 0 Å². The monoisotopic (exact) mass is 391 g/mol. The molecule has 0 radical (unpaired) electrons. The van der Waals surface area contributed by atoms with Gasteiger partial charge in [0.2, 0.25) is 11.9 Å². The highest BCUT2D eigenvalue weighted by Gasteiger charge is 2.41. The Hall–Kier alpha value is -3.35. The van der Waals surface area contributed by atoms with Crippen molar-refractivity contribution in [3.8, 4) is 5.75 Å². The highest BCUT2D eigenvalue weighted by molar-refractivity contribution is 5.95. The van der Waals surface area contributed by atoms with Crippen molar-refractivity contribution in [2.24, 2.45) is 5.92 Å². The molecule has 0 aliphatic carbocycles. The van der Waals surface area contributed by atoms with Crippen LogP contribution in [0.2, 0.25) is 0 Å². The maximum absolute atomic E-state index is 13.4. The summed E-state index contributed by atoms with van der Waals surface area (Å²) in [5.74, 6) is 0.813. The van der Waals surface area contributed by atoms with Crippen LogP contribution >= 0.6 is 0 Å². The van der Waals surface area contributed by atoms with E-state index < -0.39 is 0 Å². The maximum Gasteiger partial charge on any atom is 0.232 e. The first-order valence-corrected chi connectivity index (χ1v) is 9.81. The first-order chi connectivity index (χ1) is 14.1. The Balaban J connectivity index is 1.71. The van der Waals surface area contributed by atoms with Crippen LogP contribution in [0, 0.1) is 5.92 Å². The highest BCUT2D eigenvalue weighted by Crippen LogP contribution is 2.37. The molecule has 7 heteroatoms. The number of carbonyl (C=O) groups excluding carboxylic acids is 1. The first kappa shape index (κ1) is 19.0. The minimum atomic E-state index is -0.387. The van der Waals surface area contributed by atoms with Crippen LogP contribution in [-0.2, 0) is 11.2 Å². The minimum Gasteiger partial charge on any atom is -0.495 e. The van der Waals surface area contributed by atoms with E-state index in [4.69, 9.17) is 4.74 Å². The standard InChI is InChI=1S/C22H25N5O2/c1-4-15-9-11-16(12-10-15)20-19(14(2)25-22-23-13-24-27(20)22)21(28)26-17-7-5-6-8-18(17)29-3/h5-14,19-20H,4H2,1-3H3,(H,26,28)(H,23,24,25). The molecular formula is C22H25N5O2. The number of hydrogen-bond donors (Lipinski definition) is 2. The smallest absolute Gasteiger partial charge is 0.232 e. The molecule has 3 unspecified atom stereocenters. The number of hydrogen-bond acceptors (Lipinski definition) is 5. The summed E-state index contributed by atoms with van der Waals surface area (Å²) in [7, 11) is 1.59. The number of anilines is 2. The molecule has 4 rings (SSSR count). The van der Waals surface area contributed by atoms with E-state index in [0.717, 1.165) is 12.0 Å². The van der Waals surface area contributed by atoms with Gasteiger partial charge in [0.1, 0.15) is 12.1 Å². The van der Waals surface area contributed by atoms with Crippen molar-refractivity contribution in [1.29, 1.82) is 0 Å². The Bertz CT molecular complexity index is 998. The first-order valence-electron chi connectivity index (χ1n) is 9.81. The van der Waals surface area contributed by atoms with Crippen LogP contribution in [0.4, 0.5) is 11.6 Å². The van der Waals surface area contributed by atoms with Gasteiger partial charge in [-0.15, -0.1) is 0 Å². The number of aryl methyl sites for hydroxylation is 1. The number of aromatic nitrogens is 3. The number of rotatable bonds is 5. The molecule has 1 aromatic heterocycles. The lowest BCUT2D eigenvalue weighted by Gasteiger charge is -2.37. The van der Waals surface area contributed by atoms with Crippen molar-refractivity contribution in [2.45, 2.75) is 32.4 Å². The number of ether oxygens (including phenoxy) is 1. The molecule has 0 bridgehead atoms. The van der Waals surface area contributed by atoms with Gasteiger partial charge in [0.05, 0.1) is 24.8 Å². The maximum atomic E-state index is 13.4. The summed E-state index contributed by atoms with van der Waals surface area (Å²) in [6.07, 6.45) is 2.48. The molecule has 0 saturated heterocycles. The van der Waals surface area contributed by atoms with E-state index in [1.807, 2.05) is 31.2 Å². The van der Waals surface area contributed by atoms with E-state index in [0.29, 0.717) is 17.4 Å². The highest BCUT2D eigenvalue weighted by atomic mass is 16.5. The van der Waals surface area contributed by atoms with Gasteiger partial charge < -0.3 is 15.4 Å². The number of amides is 1. The summed E-state index contributed by atoms with van der Waals surface area (Å²) >= 11 is 0. The molecule has 1 aliphatic rings. The van der Waals surface area contributed by atoms with Crippen LogP contribution in [-0.4, -0.2) is 33.8 Å². The summed E-state index contributed by atoms with van der Waals surface area (Å²) in [5, 5.41) is 10.7. The molecule has 3 atom stereocenters. The van der Waals surface area contributed by atoms with Crippen molar-refractivity contribution < 1.29 is 9.53 Å². The third kappa shape index (κ3) is 3.55.